The third-order valence-corrected chi connectivity index (χ3v) is 6.91. The summed E-state index contributed by atoms with van der Waals surface area (Å²) in [4.78, 5) is 19.2. The molecule has 2 aromatic heterocycles. The number of H-pyrrole nitrogens is 1. The monoisotopic (exact) mass is 371 g/mol. The molecule has 0 aliphatic carbocycles. The second-order valence-corrected chi connectivity index (χ2v) is 9.20. The maximum atomic E-state index is 12.0. The van der Waals surface area contributed by atoms with Crippen LogP contribution in [-0.2, 0) is 0 Å². The first-order chi connectivity index (χ1) is 12.4. The molecule has 3 heterocycles. The number of aromatic nitrogens is 2. The zero-order valence-electron chi connectivity index (χ0n) is 14.2. The molecule has 1 amide bonds. The summed E-state index contributed by atoms with van der Waals surface area (Å²) in [5.74, 6) is 0.614. The Hall–Kier alpha value is -2.35. The van der Waals surface area contributed by atoms with Gasteiger partial charge in [-0.15, -0.1) is 0 Å². The molecular weight excluding hydrogens is 350 g/mol. The van der Waals surface area contributed by atoms with Gasteiger partial charge in [0.2, 0.25) is 0 Å². The molecule has 6 nitrogen and oxygen atoms in total. The smallest absolute Gasteiger partial charge is 0.250 e. The number of nitrogens with two attached hydrogens (primary N) is 1. The van der Waals surface area contributed by atoms with Crippen LogP contribution in [0.1, 0.15) is 34.7 Å². The number of carbonyl (C=O) groups is 1. The fourth-order valence-electron chi connectivity index (χ4n) is 3.72. The van der Waals surface area contributed by atoms with Gasteiger partial charge in [-0.1, -0.05) is 0 Å². The third-order valence-electron chi connectivity index (χ3n) is 5.13. The maximum absolute atomic E-state index is 12.0. The summed E-state index contributed by atoms with van der Waals surface area (Å²) < 4.78 is 19.8. The SMILES string of the molecule is NC(=O)c1cc(-c2ccncc2)cc2c(C3CCS(O)(O)CC3)c[nH]c12. The summed E-state index contributed by atoms with van der Waals surface area (Å²) in [5.41, 5.74) is 9.80. The van der Waals surface area contributed by atoms with Crippen LogP contribution in [0, 0.1) is 0 Å². The predicted octanol–water partition coefficient (Wildman–Crippen LogP) is 3.96. The molecule has 7 heteroatoms. The normalized spacial score (nSPS) is 18.7. The lowest BCUT2D eigenvalue weighted by molar-refractivity contribution is 0.100. The van der Waals surface area contributed by atoms with Crippen LogP contribution in [0.15, 0.2) is 42.9 Å². The van der Waals surface area contributed by atoms with Crippen LogP contribution in [0.3, 0.4) is 0 Å². The van der Waals surface area contributed by atoms with Gasteiger partial charge in [-0.3, -0.25) is 18.9 Å². The predicted molar refractivity (Wildman–Crippen MR) is 105 cm³/mol. The van der Waals surface area contributed by atoms with Crippen molar-refractivity contribution in [2.75, 3.05) is 11.5 Å². The number of primary amides is 1. The first-order valence-corrected chi connectivity index (χ1v) is 10.4. The van der Waals surface area contributed by atoms with Crippen LogP contribution >= 0.6 is 10.6 Å². The number of nitrogens with zero attached hydrogens (tertiary/aromatic N) is 1. The first kappa shape index (κ1) is 17.1. The Bertz CT molecular complexity index is 959. The number of aromatic amines is 1. The number of rotatable bonds is 3. The lowest BCUT2D eigenvalue weighted by Gasteiger charge is -2.39. The van der Waals surface area contributed by atoms with E-state index < -0.39 is 16.5 Å². The third kappa shape index (κ3) is 3.09. The summed E-state index contributed by atoms with van der Waals surface area (Å²) in [6.07, 6.45) is 6.80. The number of carbonyl (C=O) groups excluding carboxylic acids is 1. The van der Waals surface area contributed by atoms with Crippen molar-refractivity contribution in [3.63, 3.8) is 0 Å². The van der Waals surface area contributed by atoms with E-state index in [0.717, 1.165) is 40.4 Å². The molecule has 0 spiro atoms. The first-order valence-electron chi connectivity index (χ1n) is 8.53. The van der Waals surface area contributed by atoms with Crippen LogP contribution in [0.25, 0.3) is 22.0 Å². The highest BCUT2D eigenvalue weighted by Gasteiger charge is 2.27. The summed E-state index contributed by atoms with van der Waals surface area (Å²) in [6.45, 7) is 0. The highest BCUT2D eigenvalue weighted by molar-refractivity contribution is 8.24. The van der Waals surface area contributed by atoms with Gasteiger partial charge in [0.1, 0.15) is 0 Å². The molecule has 0 radical (unpaired) electrons. The molecule has 1 saturated heterocycles. The van der Waals surface area contributed by atoms with E-state index in [1.807, 2.05) is 18.3 Å². The lowest BCUT2D eigenvalue weighted by atomic mass is 9.91. The number of benzene rings is 1. The van der Waals surface area contributed by atoms with E-state index >= 15 is 0 Å². The van der Waals surface area contributed by atoms with Crippen molar-refractivity contribution < 1.29 is 13.9 Å². The second kappa shape index (κ2) is 6.42. The van der Waals surface area contributed by atoms with E-state index in [1.165, 1.54) is 0 Å². The van der Waals surface area contributed by atoms with E-state index in [2.05, 4.69) is 16.0 Å². The van der Waals surface area contributed by atoms with Gasteiger partial charge in [-0.05, 0) is 59.7 Å². The zero-order valence-corrected chi connectivity index (χ0v) is 15.0. The van der Waals surface area contributed by atoms with E-state index in [4.69, 9.17) is 5.73 Å². The standard InChI is InChI=1S/C19H21N3O3S/c20-19(23)16-10-14(12-1-5-21-6-2-12)9-15-17(11-22-18(15)16)13-3-7-26(24,25)8-4-13/h1-2,5-6,9-11,13,22,24-25H,3-4,7-8H2,(H2,20,23). The van der Waals surface area contributed by atoms with E-state index in [9.17, 15) is 13.9 Å². The molecule has 1 aliphatic rings. The number of amides is 1. The van der Waals surface area contributed by atoms with Gasteiger partial charge in [0.15, 0.2) is 0 Å². The van der Waals surface area contributed by atoms with E-state index in [1.54, 1.807) is 18.5 Å². The Morgan fingerprint density at radius 1 is 1.15 bits per heavy atom. The Kier molecular flexibility index (Phi) is 4.22. The van der Waals surface area contributed by atoms with Gasteiger partial charge in [0.25, 0.3) is 5.91 Å². The van der Waals surface area contributed by atoms with Crippen LogP contribution < -0.4 is 5.73 Å². The molecule has 0 bridgehead atoms. The van der Waals surface area contributed by atoms with Gasteiger partial charge in [-0.2, -0.15) is 10.6 Å². The molecule has 4 rings (SSSR count). The van der Waals surface area contributed by atoms with Gasteiger partial charge in [0, 0.05) is 35.5 Å². The van der Waals surface area contributed by atoms with Gasteiger partial charge in [-0.25, -0.2) is 0 Å². The number of fused-ring (bicyclic) bond motifs is 1. The zero-order chi connectivity index (χ0) is 18.3. The Morgan fingerprint density at radius 2 is 1.85 bits per heavy atom. The summed E-state index contributed by atoms with van der Waals surface area (Å²) >= 11 is 0. The minimum Gasteiger partial charge on any atom is -0.366 e. The fourth-order valence-corrected chi connectivity index (χ4v) is 5.24. The summed E-state index contributed by atoms with van der Waals surface area (Å²) in [7, 11) is -2.42. The molecule has 0 atom stereocenters. The minimum absolute atomic E-state index is 0.233. The fraction of sp³-hybridized carbons (Fsp3) is 0.263. The van der Waals surface area contributed by atoms with Crippen molar-refractivity contribution in [2.24, 2.45) is 5.73 Å². The van der Waals surface area contributed by atoms with E-state index in [0.29, 0.717) is 17.1 Å². The molecule has 1 aliphatic heterocycles. The van der Waals surface area contributed by atoms with Crippen molar-refractivity contribution in [3.8, 4) is 11.1 Å². The van der Waals surface area contributed by atoms with Crippen molar-refractivity contribution in [2.45, 2.75) is 18.8 Å². The van der Waals surface area contributed by atoms with Crippen molar-refractivity contribution in [1.29, 1.82) is 0 Å². The molecule has 0 unspecified atom stereocenters. The molecule has 136 valence electrons. The van der Waals surface area contributed by atoms with E-state index in [-0.39, 0.29) is 5.92 Å². The largest absolute Gasteiger partial charge is 0.366 e. The van der Waals surface area contributed by atoms with Crippen LogP contribution in [0.4, 0.5) is 0 Å². The number of hydrogen-bond acceptors (Lipinski definition) is 4. The maximum Gasteiger partial charge on any atom is 0.250 e. The lowest BCUT2D eigenvalue weighted by Crippen LogP contribution is -2.19. The highest BCUT2D eigenvalue weighted by Crippen LogP contribution is 2.49. The Balaban J connectivity index is 1.83. The van der Waals surface area contributed by atoms with Crippen LogP contribution in [0.5, 0.6) is 0 Å². The highest BCUT2D eigenvalue weighted by atomic mass is 32.3. The quantitative estimate of drug-likeness (QED) is 0.558. The van der Waals surface area contributed by atoms with Crippen molar-refractivity contribution >= 4 is 27.4 Å². The molecule has 5 N–H and O–H groups in total. The minimum atomic E-state index is -2.42. The average molecular weight is 371 g/mol. The molecule has 3 aromatic rings. The Morgan fingerprint density at radius 3 is 2.50 bits per heavy atom. The van der Waals surface area contributed by atoms with Crippen LogP contribution in [-0.4, -0.2) is 36.5 Å². The molecule has 1 aromatic carbocycles. The number of pyridine rings is 1. The molecule has 26 heavy (non-hydrogen) atoms. The van der Waals surface area contributed by atoms with Crippen molar-refractivity contribution in [1.82, 2.24) is 9.97 Å². The molecule has 0 saturated carbocycles. The van der Waals surface area contributed by atoms with Crippen molar-refractivity contribution in [3.05, 3.63) is 54.0 Å². The average Bonchev–Trinajstić information content (AvgIpc) is 3.05. The molecule has 1 fully saturated rings. The van der Waals surface area contributed by atoms with Gasteiger partial charge in [0.05, 0.1) is 11.1 Å². The van der Waals surface area contributed by atoms with Crippen LogP contribution in [0.2, 0.25) is 0 Å². The number of nitrogens with one attached hydrogen (secondary N) is 1. The second-order valence-electron chi connectivity index (χ2n) is 6.78. The topological polar surface area (TPSA) is 112 Å². The summed E-state index contributed by atoms with van der Waals surface area (Å²) in [5, 5.41) is 0.969. The summed E-state index contributed by atoms with van der Waals surface area (Å²) in [6, 6.07) is 7.66. The Labute approximate surface area is 152 Å². The van der Waals surface area contributed by atoms with Gasteiger partial charge >= 0.3 is 0 Å². The number of hydrogen-bond donors (Lipinski definition) is 4. The molecular formula is C19H21N3O3S. The van der Waals surface area contributed by atoms with Gasteiger partial charge < -0.3 is 10.7 Å².